The van der Waals surface area contributed by atoms with E-state index in [1.54, 1.807) is 13.2 Å². The Morgan fingerprint density at radius 1 is 1.24 bits per heavy atom. The molecule has 1 aromatic carbocycles. The summed E-state index contributed by atoms with van der Waals surface area (Å²) in [4.78, 5) is 28.1. The first-order valence-corrected chi connectivity index (χ1v) is 8.58. The second-order valence-corrected chi connectivity index (χ2v) is 7.47. The molecule has 1 aliphatic heterocycles. The van der Waals surface area contributed by atoms with Crippen molar-refractivity contribution in [3.05, 3.63) is 23.2 Å². The second-order valence-electron chi connectivity index (χ2n) is 7.07. The van der Waals surface area contributed by atoms with Gasteiger partial charge in [0.2, 0.25) is 0 Å². The van der Waals surface area contributed by atoms with Gasteiger partial charge in [0.1, 0.15) is 17.4 Å². The summed E-state index contributed by atoms with van der Waals surface area (Å²) in [5, 5.41) is 0.529. The first kappa shape index (κ1) is 19.4. The van der Waals surface area contributed by atoms with Crippen LogP contribution in [0.25, 0.3) is 0 Å². The number of nitrogens with zero attached hydrogens (tertiary/aromatic N) is 2. The lowest BCUT2D eigenvalue weighted by molar-refractivity contribution is -0.122. The molecule has 1 atom stereocenters. The summed E-state index contributed by atoms with van der Waals surface area (Å²) in [5.41, 5.74) is 0.301. The largest absolute Gasteiger partial charge is 0.495 e. The Bertz CT molecular complexity index is 657. The average molecular weight is 369 g/mol. The van der Waals surface area contributed by atoms with Gasteiger partial charge in [0.05, 0.1) is 12.1 Å². The molecule has 1 aromatic rings. The van der Waals surface area contributed by atoms with Gasteiger partial charge in [-0.25, -0.2) is 4.79 Å². The molecule has 25 heavy (non-hydrogen) atoms. The molecule has 1 amide bonds. The molecule has 0 unspecified atom stereocenters. The lowest BCUT2D eigenvalue weighted by Gasteiger charge is -2.41. The van der Waals surface area contributed by atoms with Crippen LogP contribution in [0, 0.1) is 0 Å². The van der Waals surface area contributed by atoms with E-state index >= 15 is 0 Å². The van der Waals surface area contributed by atoms with Gasteiger partial charge in [-0.2, -0.15) is 0 Å². The number of rotatable bonds is 3. The molecule has 0 spiro atoms. The van der Waals surface area contributed by atoms with Crippen LogP contribution < -0.4 is 9.64 Å². The zero-order valence-corrected chi connectivity index (χ0v) is 16.1. The Hall–Kier alpha value is -1.95. The minimum absolute atomic E-state index is 0.0727. The highest BCUT2D eigenvalue weighted by atomic mass is 35.5. The molecule has 0 N–H and O–H groups in total. The fourth-order valence-corrected chi connectivity index (χ4v) is 2.94. The molecule has 1 saturated heterocycles. The fraction of sp³-hybridized carbons (Fsp3) is 0.556. The second kappa shape index (κ2) is 7.52. The lowest BCUT2D eigenvalue weighted by Crippen LogP contribution is -2.58. The van der Waals surface area contributed by atoms with Crippen LogP contribution in [0.3, 0.4) is 0 Å². The van der Waals surface area contributed by atoms with Gasteiger partial charge >= 0.3 is 6.09 Å². The molecule has 2 rings (SSSR count). The molecule has 0 radical (unpaired) electrons. The quantitative estimate of drug-likeness (QED) is 0.818. The zero-order chi connectivity index (χ0) is 18.8. The number of anilines is 1. The smallest absolute Gasteiger partial charge is 0.411 e. The van der Waals surface area contributed by atoms with Crippen LogP contribution >= 0.6 is 11.6 Å². The van der Waals surface area contributed by atoms with Crippen molar-refractivity contribution in [2.24, 2.45) is 0 Å². The summed E-state index contributed by atoms with van der Waals surface area (Å²) in [5.74, 6) is 0.504. The fourth-order valence-electron chi connectivity index (χ4n) is 2.75. The predicted octanol–water partition coefficient (Wildman–Crippen LogP) is 3.36. The number of ether oxygens (including phenoxy) is 2. The summed E-state index contributed by atoms with van der Waals surface area (Å²) in [6.07, 6.45) is -0.457. The Morgan fingerprint density at radius 3 is 2.48 bits per heavy atom. The number of hydrogen-bond acceptors (Lipinski definition) is 5. The van der Waals surface area contributed by atoms with Gasteiger partial charge in [0.25, 0.3) is 0 Å². The molecule has 0 saturated carbocycles. The van der Waals surface area contributed by atoms with Crippen molar-refractivity contribution in [3.8, 4) is 5.75 Å². The van der Waals surface area contributed by atoms with Crippen molar-refractivity contribution >= 4 is 29.2 Å². The molecule has 0 aromatic heterocycles. The summed E-state index contributed by atoms with van der Waals surface area (Å²) in [7, 11) is 1.56. The first-order chi connectivity index (χ1) is 11.6. The molecular weight excluding hydrogens is 344 g/mol. The monoisotopic (exact) mass is 368 g/mol. The van der Waals surface area contributed by atoms with Crippen molar-refractivity contribution in [2.45, 2.75) is 39.3 Å². The van der Waals surface area contributed by atoms with E-state index < -0.39 is 17.7 Å². The number of halogens is 1. The predicted molar refractivity (Wildman–Crippen MR) is 97.6 cm³/mol. The van der Waals surface area contributed by atoms with E-state index in [-0.39, 0.29) is 5.78 Å². The van der Waals surface area contributed by atoms with Crippen molar-refractivity contribution in [3.63, 3.8) is 0 Å². The summed E-state index contributed by atoms with van der Waals surface area (Å²) in [6, 6.07) is 4.93. The SMILES string of the molecule is COc1cc(N2CCN(C(=O)OC(C)(C)C)[C@@H](C(C)=O)C2)ccc1Cl. The summed E-state index contributed by atoms with van der Waals surface area (Å²) < 4.78 is 10.7. The van der Waals surface area contributed by atoms with E-state index in [4.69, 9.17) is 21.1 Å². The molecule has 0 bridgehead atoms. The normalized spacial score (nSPS) is 18.1. The van der Waals surface area contributed by atoms with Crippen LogP contribution in [0.1, 0.15) is 27.7 Å². The number of carbonyl (C=O) groups is 2. The highest BCUT2D eigenvalue weighted by molar-refractivity contribution is 6.32. The molecule has 6 nitrogen and oxygen atoms in total. The molecule has 1 aliphatic rings. The van der Waals surface area contributed by atoms with E-state index in [0.29, 0.717) is 30.4 Å². The number of amides is 1. The van der Waals surface area contributed by atoms with Crippen molar-refractivity contribution in [1.82, 2.24) is 4.90 Å². The molecule has 7 heteroatoms. The van der Waals surface area contributed by atoms with Gasteiger partial charge in [0, 0.05) is 31.4 Å². The van der Waals surface area contributed by atoms with Gasteiger partial charge < -0.3 is 14.4 Å². The van der Waals surface area contributed by atoms with Crippen LogP contribution in [0.4, 0.5) is 10.5 Å². The number of ketones is 1. The summed E-state index contributed by atoms with van der Waals surface area (Å²) in [6.45, 7) is 8.32. The van der Waals surface area contributed by atoms with Gasteiger partial charge in [-0.15, -0.1) is 0 Å². The van der Waals surface area contributed by atoms with Crippen LogP contribution in [0.5, 0.6) is 5.75 Å². The topological polar surface area (TPSA) is 59.1 Å². The maximum absolute atomic E-state index is 12.4. The third kappa shape index (κ3) is 4.78. The van der Waals surface area contributed by atoms with Gasteiger partial charge in [0.15, 0.2) is 5.78 Å². The Morgan fingerprint density at radius 2 is 1.92 bits per heavy atom. The van der Waals surface area contributed by atoms with E-state index in [1.807, 2.05) is 37.8 Å². The van der Waals surface area contributed by atoms with Crippen LogP contribution in [-0.4, -0.2) is 55.2 Å². The van der Waals surface area contributed by atoms with Gasteiger partial charge in [-0.05, 0) is 39.8 Å². The Kier molecular flexibility index (Phi) is 5.83. The van der Waals surface area contributed by atoms with Crippen molar-refractivity contribution < 1.29 is 19.1 Å². The number of piperazine rings is 1. The zero-order valence-electron chi connectivity index (χ0n) is 15.3. The third-order valence-electron chi connectivity index (χ3n) is 3.98. The first-order valence-electron chi connectivity index (χ1n) is 8.21. The maximum atomic E-state index is 12.4. The molecule has 0 aliphatic carbocycles. The minimum Gasteiger partial charge on any atom is -0.495 e. The Labute approximate surface area is 153 Å². The molecule has 138 valence electrons. The number of methoxy groups -OCH3 is 1. The highest BCUT2D eigenvalue weighted by Crippen LogP contribution is 2.30. The lowest BCUT2D eigenvalue weighted by atomic mass is 10.1. The maximum Gasteiger partial charge on any atom is 0.411 e. The van der Waals surface area contributed by atoms with E-state index in [9.17, 15) is 9.59 Å². The van der Waals surface area contributed by atoms with Crippen molar-refractivity contribution in [2.75, 3.05) is 31.6 Å². The van der Waals surface area contributed by atoms with Crippen molar-refractivity contribution in [1.29, 1.82) is 0 Å². The van der Waals surface area contributed by atoms with E-state index in [2.05, 4.69) is 0 Å². The van der Waals surface area contributed by atoms with Gasteiger partial charge in [-0.3, -0.25) is 9.69 Å². The average Bonchev–Trinajstić information content (AvgIpc) is 2.53. The number of carbonyl (C=O) groups excluding carboxylic acids is 2. The van der Waals surface area contributed by atoms with Crippen LogP contribution in [-0.2, 0) is 9.53 Å². The minimum atomic E-state index is -0.598. The number of hydrogen-bond donors (Lipinski definition) is 0. The number of benzene rings is 1. The van der Waals surface area contributed by atoms with E-state index in [0.717, 1.165) is 5.69 Å². The summed E-state index contributed by atoms with van der Waals surface area (Å²) >= 11 is 6.07. The number of Topliss-reactive ketones (excluding diaryl/α,β-unsaturated/α-hetero) is 1. The van der Waals surface area contributed by atoms with Crippen LogP contribution in [0.15, 0.2) is 18.2 Å². The van der Waals surface area contributed by atoms with E-state index in [1.165, 1.54) is 11.8 Å². The Balaban J connectivity index is 2.18. The molecule has 1 fully saturated rings. The standard InChI is InChI=1S/C18H25ClN2O4/c1-12(22)15-11-20(13-6-7-14(19)16(10-13)24-5)8-9-21(15)17(23)25-18(2,3)4/h6-7,10,15H,8-9,11H2,1-5H3/t15-/m1/s1. The van der Waals surface area contributed by atoms with Crippen LogP contribution in [0.2, 0.25) is 5.02 Å². The molecular formula is C18H25ClN2O4. The highest BCUT2D eigenvalue weighted by Gasteiger charge is 2.36. The third-order valence-corrected chi connectivity index (χ3v) is 4.29. The molecule has 1 heterocycles. The van der Waals surface area contributed by atoms with Gasteiger partial charge in [-0.1, -0.05) is 11.6 Å².